The van der Waals surface area contributed by atoms with Gasteiger partial charge in [0.05, 0.1) is 22.8 Å². The lowest BCUT2D eigenvalue weighted by Crippen LogP contribution is -2.04. The second-order valence-electron chi connectivity index (χ2n) is 14.0. The summed E-state index contributed by atoms with van der Waals surface area (Å²) in [5.41, 5.74) is 17.6. The highest BCUT2D eigenvalue weighted by Gasteiger charge is 2.20. The second-order valence-corrected chi connectivity index (χ2v) is 14.0. The van der Waals surface area contributed by atoms with E-state index in [1.807, 2.05) is 6.20 Å². The van der Waals surface area contributed by atoms with Gasteiger partial charge in [-0.2, -0.15) is 0 Å². The lowest BCUT2D eigenvalue weighted by Gasteiger charge is -2.16. The minimum Gasteiger partial charge on any atom is -0.365 e. The average Bonchev–Trinajstić information content (AvgIpc) is 4.08. The third-order valence-electron chi connectivity index (χ3n) is 10.6. The number of rotatable bonds is 6. The third kappa shape index (κ3) is 5.86. The molecule has 258 valence electrons. The molecule has 3 N–H and O–H groups in total. The van der Waals surface area contributed by atoms with Crippen LogP contribution in [0.3, 0.4) is 0 Å². The van der Waals surface area contributed by atoms with Gasteiger partial charge >= 0.3 is 0 Å². The number of allylic oxidation sites excluding steroid dienone is 4. The number of aromatic nitrogens is 5. The molecule has 1 aliphatic carbocycles. The Morgan fingerprint density at radius 3 is 1.31 bits per heavy atom. The Hall–Kier alpha value is -6.98. The highest BCUT2D eigenvalue weighted by molar-refractivity contribution is 5.99. The first-order valence-electron chi connectivity index (χ1n) is 18.6. The number of hydrogen-bond donors (Lipinski definition) is 3. The van der Waals surface area contributed by atoms with Crippen molar-refractivity contribution in [2.75, 3.05) is 0 Å². The predicted octanol–water partition coefficient (Wildman–Crippen LogP) is 12.2. The van der Waals surface area contributed by atoms with E-state index in [1.165, 1.54) is 5.69 Å². The Bertz CT molecular complexity index is 2760. The fraction of sp³-hybridized carbons (Fsp3) is 0.0612. The zero-order valence-electron chi connectivity index (χ0n) is 29.6. The van der Waals surface area contributed by atoms with Crippen molar-refractivity contribution in [2.45, 2.75) is 12.8 Å². The van der Waals surface area contributed by atoms with Gasteiger partial charge in [0.2, 0.25) is 0 Å². The van der Waals surface area contributed by atoms with E-state index in [4.69, 9.17) is 9.97 Å². The van der Waals surface area contributed by atoms with E-state index in [-0.39, 0.29) is 0 Å². The average molecular weight is 696 g/mol. The predicted molar refractivity (Wildman–Crippen MR) is 225 cm³/mol. The molecule has 4 aromatic heterocycles. The minimum absolute atomic E-state index is 0.426. The van der Waals surface area contributed by atoms with Crippen LogP contribution >= 0.6 is 0 Å². The SMILES string of the molecule is C1=CC(Cc2ccc[nH]2)CC=C1c1c2nc(c(-c3ccccc3)c3ccc([nH]3)c(-c3ccccc3)c3nc(c(-c4ccccc4)c4ccc1[nH]4)C=C3)C=C2. The van der Waals surface area contributed by atoms with Crippen molar-refractivity contribution in [3.8, 4) is 33.4 Å². The first-order valence-corrected chi connectivity index (χ1v) is 18.6. The first-order chi connectivity index (χ1) is 26.7. The maximum Gasteiger partial charge on any atom is 0.0737 e. The molecule has 1 atom stereocenters. The lowest BCUT2D eigenvalue weighted by molar-refractivity contribution is 0.645. The standard InChI is InChI=1S/C49H37N5/c1-4-11-33(12-5-1)46-38-22-24-40(51-38)47(34-13-6-2-7-14-34)42-26-28-44(53-42)49(36-20-18-32(19-21-36)31-37-17-10-30-50-37)45-29-27-43(54-45)48(35-15-8-3-9-16-35)41-25-23-39(46)52-41/h1-18,20-30,32,50-51,54H,19,31H2. The quantitative estimate of drug-likeness (QED) is 0.162. The van der Waals surface area contributed by atoms with Crippen LogP contribution in [0.2, 0.25) is 0 Å². The monoisotopic (exact) mass is 695 g/mol. The second kappa shape index (κ2) is 13.5. The van der Waals surface area contributed by atoms with Gasteiger partial charge in [-0.05, 0) is 102 Å². The highest BCUT2D eigenvalue weighted by atomic mass is 14.8. The Morgan fingerprint density at radius 2 is 0.907 bits per heavy atom. The van der Waals surface area contributed by atoms with E-state index in [0.29, 0.717) is 5.92 Å². The normalized spacial score (nSPS) is 14.7. The van der Waals surface area contributed by atoms with E-state index in [0.717, 1.165) is 102 Å². The van der Waals surface area contributed by atoms with Crippen LogP contribution in [-0.4, -0.2) is 24.9 Å². The molecule has 0 spiro atoms. The van der Waals surface area contributed by atoms with Gasteiger partial charge < -0.3 is 15.0 Å². The van der Waals surface area contributed by atoms with E-state index < -0.39 is 0 Å². The molecular formula is C49H37N5. The number of H-pyrrole nitrogens is 3. The van der Waals surface area contributed by atoms with Crippen LogP contribution < -0.4 is 0 Å². The molecule has 0 fully saturated rings. The van der Waals surface area contributed by atoms with E-state index in [9.17, 15) is 0 Å². The van der Waals surface area contributed by atoms with Crippen LogP contribution in [0.4, 0.5) is 0 Å². The maximum atomic E-state index is 5.45. The summed E-state index contributed by atoms with van der Waals surface area (Å²) in [6, 6.07) is 44.6. The molecule has 54 heavy (non-hydrogen) atoms. The van der Waals surface area contributed by atoms with Crippen molar-refractivity contribution in [1.82, 2.24) is 24.9 Å². The van der Waals surface area contributed by atoms with Gasteiger partial charge in [-0.15, -0.1) is 0 Å². The summed E-state index contributed by atoms with van der Waals surface area (Å²) in [6.07, 6.45) is 19.6. The van der Waals surface area contributed by atoms with Crippen LogP contribution in [0.1, 0.15) is 40.5 Å². The maximum absolute atomic E-state index is 5.45. The molecule has 5 nitrogen and oxygen atoms in total. The first kappa shape index (κ1) is 31.7. The van der Waals surface area contributed by atoms with Crippen LogP contribution in [0.15, 0.2) is 152 Å². The van der Waals surface area contributed by atoms with Crippen molar-refractivity contribution in [1.29, 1.82) is 0 Å². The number of nitrogens with zero attached hydrogens (tertiary/aromatic N) is 2. The van der Waals surface area contributed by atoms with Gasteiger partial charge in [-0.25, -0.2) is 9.97 Å². The molecule has 3 aliphatic rings. The fourth-order valence-corrected chi connectivity index (χ4v) is 8.01. The summed E-state index contributed by atoms with van der Waals surface area (Å²) in [6.45, 7) is 0. The van der Waals surface area contributed by atoms with Gasteiger partial charge in [0.15, 0.2) is 0 Å². The van der Waals surface area contributed by atoms with Crippen molar-refractivity contribution >= 4 is 51.9 Å². The zero-order chi connectivity index (χ0) is 35.8. The number of nitrogens with one attached hydrogen (secondary N) is 3. The highest BCUT2D eigenvalue weighted by Crippen LogP contribution is 2.38. The Kier molecular flexibility index (Phi) is 7.95. The van der Waals surface area contributed by atoms with Gasteiger partial charge in [0, 0.05) is 56.2 Å². The summed E-state index contributed by atoms with van der Waals surface area (Å²) in [4.78, 5) is 21.9. The molecule has 1 unspecified atom stereocenters. The largest absolute Gasteiger partial charge is 0.365 e. The molecule has 6 heterocycles. The topological polar surface area (TPSA) is 73.2 Å². The molecule has 0 saturated carbocycles. The number of aromatic amines is 3. The summed E-state index contributed by atoms with van der Waals surface area (Å²) in [7, 11) is 0. The van der Waals surface area contributed by atoms with E-state index >= 15 is 0 Å². The number of benzene rings is 3. The van der Waals surface area contributed by atoms with Gasteiger partial charge in [0.25, 0.3) is 0 Å². The van der Waals surface area contributed by atoms with E-state index in [1.54, 1.807) is 0 Å². The van der Waals surface area contributed by atoms with Crippen LogP contribution in [0.5, 0.6) is 0 Å². The van der Waals surface area contributed by atoms with E-state index in [2.05, 4.69) is 185 Å². The molecule has 2 aliphatic heterocycles. The van der Waals surface area contributed by atoms with Crippen LogP contribution in [-0.2, 0) is 6.42 Å². The Morgan fingerprint density at radius 1 is 0.463 bits per heavy atom. The molecule has 10 rings (SSSR count). The summed E-state index contributed by atoms with van der Waals surface area (Å²) < 4.78 is 0. The van der Waals surface area contributed by atoms with Crippen molar-refractivity contribution in [3.05, 3.63) is 186 Å². The molecule has 0 saturated heterocycles. The molecule has 0 amide bonds. The molecule has 0 radical (unpaired) electrons. The number of fused-ring (bicyclic) bond motifs is 8. The van der Waals surface area contributed by atoms with Crippen molar-refractivity contribution in [2.24, 2.45) is 5.92 Å². The summed E-state index contributed by atoms with van der Waals surface area (Å²) in [5, 5.41) is 0. The minimum atomic E-state index is 0.426. The molecule has 8 bridgehead atoms. The van der Waals surface area contributed by atoms with Gasteiger partial charge in [-0.3, -0.25) is 0 Å². The van der Waals surface area contributed by atoms with Crippen molar-refractivity contribution in [3.63, 3.8) is 0 Å². The molecule has 7 aromatic rings. The van der Waals surface area contributed by atoms with Gasteiger partial charge in [-0.1, -0.05) is 109 Å². The van der Waals surface area contributed by atoms with Gasteiger partial charge in [0.1, 0.15) is 0 Å². The third-order valence-corrected chi connectivity index (χ3v) is 10.6. The molecule has 3 aromatic carbocycles. The Labute approximate surface area is 313 Å². The number of hydrogen-bond acceptors (Lipinski definition) is 2. The summed E-state index contributed by atoms with van der Waals surface area (Å²) in [5.74, 6) is 0.426. The fourth-order valence-electron chi connectivity index (χ4n) is 8.01. The zero-order valence-corrected chi connectivity index (χ0v) is 29.6. The van der Waals surface area contributed by atoms with Crippen LogP contribution in [0.25, 0.3) is 85.3 Å². The molecule has 5 heteroatoms. The Balaban J connectivity index is 1.29. The molecular weight excluding hydrogens is 659 g/mol. The summed E-state index contributed by atoms with van der Waals surface area (Å²) >= 11 is 0. The lowest BCUT2D eigenvalue weighted by atomic mass is 9.89. The van der Waals surface area contributed by atoms with Crippen LogP contribution in [0, 0.1) is 5.92 Å². The smallest absolute Gasteiger partial charge is 0.0737 e. The van der Waals surface area contributed by atoms with Crippen molar-refractivity contribution < 1.29 is 0 Å².